The third-order valence-corrected chi connectivity index (χ3v) is 4.71. The Bertz CT molecular complexity index is 1150. The van der Waals surface area contributed by atoms with E-state index >= 15 is 0 Å². The Morgan fingerprint density at radius 2 is 0.848 bits per heavy atom. The fourth-order valence-corrected chi connectivity index (χ4v) is 2.95. The van der Waals surface area contributed by atoms with Crippen molar-refractivity contribution in [1.82, 2.24) is 0 Å². The number of esters is 2. The number of carbonyl (C=O) groups excluding carboxylic acids is 2. The Hall–Kier alpha value is -4.78. The van der Waals surface area contributed by atoms with Crippen LogP contribution in [-0.2, 0) is 0 Å². The molecule has 164 valence electrons. The lowest BCUT2D eigenvalue weighted by Crippen LogP contribution is -2.08. The molecule has 0 radical (unpaired) electrons. The maximum Gasteiger partial charge on any atom is 0.343 e. The topological polar surface area (TPSA) is 117 Å². The number of hydrogen-bond donors (Lipinski definition) is 3. The molecule has 4 aromatic carbocycles. The third kappa shape index (κ3) is 5.68. The molecule has 0 spiro atoms. The van der Waals surface area contributed by atoms with E-state index in [4.69, 9.17) is 20.9 Å². The summed E-state index contributed by atoms with van der Waals surface area (Å²) in [4.78, 5) is 24.6. The van der Waals surface area contributed by atoms with Gasteiger partial charge < -0.3 is 26.3 Å². The smallest absolute Gasteiger partial charge is 0.343 e. The SMILES string of the molecule is Nc1ccc(OC(=O)c2ccc(Nc3ccc(C(=O)Oc4ccc(N)cc4)cc3)cc2)cc1. The van der Waals surface area contributed by atoms with E-state index < -0.39 is 11.9 Å². The summed E-state index contributed by atoms with van der Waals surface area (Å²) in [6, 6.07) is 26.9. The second-order valence-corrected chi connectivity index (χ2v) is 7.20. The highest BCUT2D eigenvalue weighted by molar-refractivity contribution is 5.92. The molecule has 0 amide bonds. The Kier molecular flexibility index (Phi) is 6.22. The van der Waals surface area contributed by atoms with Crippen LogP contribution in [0.15, 0.2) is 97.1 Å². The van der Waals surface area contributed by atoms with Gasteiger partial charge in [-0.2, -0.15) is 0 Å². The number of nitrogen functional groups attached to an aromatic ring is 2. The zero-order valence-electron chi connectivity index (χ0n) is 17.5. The molecule has 0 aliphatic rings. The van der Waals surface area contributed by atoms with Crippen LogP contribution in [0.1, 0.15) is 20.7 Å². The number of hydrogen-bond acceptors (Lipinski definition) is 7. The molecule has 0 aromatic heterocycles. The average Bonchev–Trinajstić information content (AvgIpc) is 2.83. The molecular formula is C26H21N3O4. The highest BCUT2D eigenvalue weighted by Crippen LogP contribution is 2.21. The van der Waals surface area contributed by atoms with Crippen LogP contribution < -0.4 is 26.3 Å². The van der Waals surface area contributed by atoms with Gasteiger partial charge in [0.1, 0.15) is 11.5 Å². The molecule has 33 heavy (non-hydrogen) atoms. The van der Waals surface area contributed by atoms with Crippen molar-refractivity contribution in [2.45, 2.75) is 0 Å². The van der Waals surface area contributed by atoms with E-state index in [1.807, 2.05) is 0 Å². The van der Waals surface area contributed by atoms with Gasteiger partial charge in [-0.1, -0.05) is 0 Å². The van der Waals surface area contributed by atoms with Crippen molar-refractivity contribution in [2.24, 2.45) is 0 Å². The lowest BCUT2D eigenvalue weighted by atomic mass is 10.2. The van der Waals surface area contributed by atoms with E-state index in [1.165, 1.54) is 0 Å². The van der Waals surface area contributed by atoms with E-state index in [0.29, 0.717) is 34.0 Å². The van der Waals surface area contributed by atoms with Crippen LogP contribution >= 0.6 is 0 Å². The van der Waals surface area contributed by atoms with Crippen molar-refractivity contribution in [3.63, 3.8) is 0 Å². The maximum absolute atomic E-state index is 12.3. The molecule has 0 unspecified atom stereocenters. The van der Waals surface area contributed by atoms with Crippen LogP contribution in [0.2, 0.25) is 0 Å². The van der Waals surface area contributed by atoms with Crippen molar-refractivity contribution in [3.8, 4) is 11.5 Å². The minimum atomic E-state index is -0.463. The lowest BCUT2D eigenvalue weighted by Gasteiger charge is -2.09. The van der Waals surface area contributed by atoms with E-state index in [9.17, 15) is 9.59 Å². The van der Waals surface area contributed by atoms with Crippen LogP contribution in [0, 0.1) is 0 Å². The largest absolute Gasteiger partial charge is 0.423 e. The zero-order chi connectivity index (χ0) is 23.2. The standard InChI is InChI=1S/C26H21N3O4/c27-19-5-13-23(14-6-19)32-25(30)17-1-9-21(10-2-17)29-22-11-3-18(4-12-22)26(31)33-24-15-7-20(28)8-16-24/h1-16,29H,27-28H2. The fourth-order valence-electron chi connectivity index (χ4n) is 2.95. The van der Waals surface area contributed by atoms with Gasteiger partial charge in [0.25, 0.3) is 0 Å². The number of ether oxygens (including phenoxy) is 2. The Balaban J connectivity index is 1.34. The number of benzene rings is 4. The third-order valence-electron chi connectivity index (χ3n) is 4.71. The summed E-state index contributed by atoms with van der Waals surface area (Å²) in [5, 5.41) is 3.22. The van der Waals surface area contributed by atoms with E-state index in [-0.39, 0.29) is 0 Å². The summed E-state index contributed by atoms with van der Waals surface area (Å²) >= 11 is 0. The minimum absolute atomic E-state index is 0.415. The monoisotopic (exact) mass is 439 g/mol. The molecule has 0 atom stereocenters. The van der Waals surface area contributed by atoms with Crippen molar-refractivity contribution < 1.29 is 19.1 Å². The predicted molar refractivity (Wildman–Crippen MR) is 128 cm³/mol. The van der Waals surface area contributed by atoms with E-state index in [0.717, 1.165) is 11.4 Å². The van der Waals surface area contributed by atoms with Gasteiger partial charge in [-0.05, 0) is 97.1 Å². The molecule has 7 heteroatoms. The lowest BCUT2D eigenvalue weighted by molar-refractivity contribution is 0.0725. The Morgan fingerprint density at radius 3 is 1.18 bits per heavy atom. The number of nitrogens with two attached hydrogens (primary N) is 2. The number of nitrogens with one attached hydrogen (secondary N) is 1. The molecule has 0 fully saturated rings. The summed E-state index contributed by atoms with van der Waals surface area (Å²) in [5.41, 5.74) is 14.8. The second-order valence-electron chi connectivity index (χ2n) is 7.20. The molecule has 5 N–H and O–H groups in total. The number of anilines is 4. The van der Waals surface area contributed by atoms with Crippen molar-refractivity contribution in [2.75, 3.05) is 16.8 Å². The zero-order valence-corrected chi connectivity index (χ0v) is 17.5. The van der Waals surface area contributed by atoms with Crippen LogP contribution in [0.25, 0.3) is 0 Å². The first kappa shape index (κ1) is 21.5. The first-order chi connectivity index (χ1) is 16.0. The van der Waals surface area contributed by atoms with E-state index in [2.05, 4.69) is 5.32 Å². The predicted octanol–water partition coefficient (Wildman–Crippen LogP) is 5.03. The number of carbonyl (C=O) groups is 2. The number of rotatable bonds is 6. The van der Waals surface area contributed by atoms with Crippen molar-refractivity contribution in [3.05, 3.63) is 108 Å². The summed E-state index contributed by atoms with van der Waals surface area (Å²) < 4.78 is 10.7. The summed E-state index contributed by atoms with van der Waals surface area (Å²) in [6.07, 6.45) is 0. The van der Waals surface area contributed by atoms with Gasteiger partial charge in [-0.15, -0.1) is 0 Å². The highest BCUT2D eigenvalue weighted by atomic mass is 16.5. The molecule has 0 heterocycles. The van der Waals surface area contributed by atoms with Crippen LogP contribution in [0.3, 0.4) is 0 Å². The van der Waals surface area contributed by atoms with Gasteiger partial charge in [-0.25, -0.2) is 9.59 Å². The molecule has 0 aliphatic carbocycles. The minimum Gasteiger partial charge on any atom is -0.423 e. The van der Waals surface area contributed by atoms with Crippen LogP contribution in [0.4, 0.5) is 22.7 Å². The molecule has 7 nitrogen and oxygen atoms in total. The summed E-state index contributed by atoms with van der Waals surface area (Å²) in [5.74, 6) is -0.0802. The van der Waals surface area contributed by atoms with Crippen LogP contribution in [0.5, 0.6) is 11.5 Å². The molecule has 0 saturated carbocycles. The fraction of sp³-hybridized carbons (Fsp3) is 0. The summed E-state index contributed by atoms with van der Waals surface area (Å²) in [6.45, 7) is 0. The summed E-state index contributed by atoms with van der Waals surface area (Å²) in [7, 11) is 0. The van der Waals surface area contributed by atoms with Crippen LogP contribution in [-0.4, -0.2) is 11.9 Å². The van der Waals surface area contributed by atoms with Gasteiger partial charge in [0.2, 0.25) is 0 Å². The second kappa shape index (κ2) is 9.57. The maximum atomic E-state index is 12.3. The average molecular weight is 439 g/mol. The first-order valence-electron chi connectivity index (χ1n) is 10.1. The quantitative estimate of drug-likeness (QED) is 0.219. The van der Waals surface area contributed by atoms with Gasteiger partial charge in [0, 0.05) is 22.7 Å². The van der Waals surface area contributed by atoms with Gasteiger partial charge >= 0.3 is 11.9 Å². The first-order valence-corrected chi connectivity index (χ1v) is 10.1. The molecule has 0 aliphatic heterocycles. The normalized spacial score (nSPS) is 10.3. The van der Waals surface area contributed by atoms with E-state index in [1.54, 1.807) is 97.1 Å². The van der Waals surface area contributed by atoms with Gasteiger partial charge in [0.05, 0.1) is 11.1 Å². The van der Waals surface area contributed by atoms with Crippen molar-refractivity contribution >= 4 is 34.7 Å². The Labute approximate surface area is 190 Å². The molecule has 4 rings (SSSR count). The van der Waals surface area contributed by atoms with Crippen molar-refractivity contribution in [1.29, 1.82) is 0 Å². The Morgan fingerprint density at radius 1 is 0.515 bits per heavy atom. The molecular weight excluding hydrogens is 418 g/mol. The van der Waals surface area contributed by atoms with Gasteiger partial charge in [-0.3, -0.25) is 0 Å². The molecule has 0 bridgehead atoms. The van der Waals surface area contributed by atoms with Gasteiger partial charge in [0.15, 0.2) is 0 Å². The highest BCUT2D eigenvalue weighted by Gasteiger charge is 2.10. The molecule has 4 aromatic rings. The molecule has 0 saturated heterocycles.